The van der Waals surface area contributed by atoms with E-state index in [1.54, 1.807) is 24.4 Å². The first-order valence-corrected chi connectivity index (χ1v) is 8.15. The van der Waals surface area contributed by atoms with Gasteiger partial charge in [-0.3, -0.25) is 9.82 Å². The van der Waals surface area contributed by atoms with Crippen LogP contribution < -0.4 is 10.0 Å². The van der Waals surface area contributed by atoms with Crippen LogP contribution in [-0.2, 0) is 10.0 Å². The molecular weight excluding hydrogens is 300 g/mol. The molecule has 8 heteroatoms. The van der Waals surface area contributed by atoms with Gasteiger partial charge in [0.15, 0.2) is 0 Å². The highest BCUT2D eigenvalue weighted by Crippen LogP contribution is 2.28. The Balaban J connectivity index is 2.20. The molecule has 1 unspecified atom stereocenters. The molecule has 0 amide bonds. The molecule has 1 aromatic heterocycles. The second-order valence-corrected chi connectivity index (χ2v) is 6.60. The largest absolute Gasteiger partial charge is 0.376 e. The van der Waals surface area contributed by atoms with Gasteiger partial charge >= 0.3 is 0 Å². The molecule has 0 radical (unpaired) electrons. The molecule has 0 fully saturated rings. The fraction of sp³-hybridized carbons (Fsp3) is 0.250. The van der Waals surface area contributed by atoms with Crippen molar-refractivity contribution in [3.05, 3.63) is 41.2 Å². The molecule has 0 saturated carbocycles. The lowest BCUT2D eigenvalue weighted by Crippen LogP contribution is -2.11. The van der Waals surface area contributed by atoms with Gasteiger partial charge in [0.05, 0.1) is 34.4 Å². The van der Waals surface area contributed by atoms with E-state index in [-0.39, 0.29) is 6.04 Å². The van der Waals surface area contributed by atoms with Gasteiger partial charge in [-0.05, 0) is 31.2 Å². The first-order chi connectivity index (χ1) is 9.35. The highest BCUT2D eigenvalue weighted by Gasteiger charge is 2.10. The summed E-state index contributed by atoms with van der Waals surface area (Å²) in [6.45, 7) is 1.94. The van der Waals surface area contributed by atoms with Crippen LogP contribution in [0.5, 0.6) is 0 Å². The number of anilines is 2. The number of rotatable bonds is 5. The summed E-state index contributed by atoms with van der Waals surface area (Å²) in [5, 5.41) is 10.5. The van der Waals surface area contributed by atoms with Gasteiger partial charge in [-0.1, -0.05) is 11.6 Å². The third-order valence-electron chi connectivity index (χ3n) is 2.63. The Bertz CT molecular complexity index is 685. The van der Waals surface area contributed by atoms with Crippen molar-refractivity contribution in [2.45, 2.75) is 13.0 Å². The van der Waals surface area contributed by atoms with E-state index >= 15 is 0 Å². The maximum Gasteiger partial charge on any atom is 0.229 e. The minimum Gasteiger partial charge on any atom is -0.376 e. The van der Waals surface area contributed by atoms with Gasteiger partial charge < -0.3 is 5.32 Å². The molecule has 0 aliphatic rings. The van der Waals surface area contributed by atoms with Crippen LogP contribution in [-0.4, -0.2) is 24.9 Å². The minimum absolute atomic E-state index is 0.0384. The average Bonchev–Trinajstić information content (AvgIpc) is 2.85. The number of aromatic nitrogens is 2. The number of aromatic amines is 1. The molecule has 108 valence electrons. The van der Waals surface area contributed by atoms with Crippen molar-refractivity contribution in [3.63, 3.8) is 0 Å². The molecule has 0 aliphatic carbocycles. The second kappa shape index (κ2) is 5.72. The molecule has 20 heavy (non-hydrogen) atoms. The standard InChI is InChI=1S/C12H15ClN4O2S/c1-8(11-5-6-14-16-11)15-12-7-9(3-4-10(12)13)17-20(2,18)19/h3-8,15,17H,1-2H3,(H,14,16). The van der Waals surface area contributed by atoms with Crippen LogP contribution in [0.15, 0.2) is 30.5 Å². The maximum atomic E-state index is 11.2. The predicted octanol–water partition coefficient (Wildman–Crippen LogP) is 2.61. The summed E-state index contributed by atoms with van der Waals surface area (Å²) in [6.07, 6.45) is 2.76. The molecule has 1 aromatic carbocycles. The first-order valence-electron chi connectivity index (χ1n) is 5.88. The number of H-pyrrole nitrogens is 1. The zero-order valence-electron chi connectivity index (χ0n) is 11.0. The van der Waals surface area contributed by atoms with Crippen molar-refractivity contribution in [2.24, 2.45) is 0 Å². The number of nitrogens with one attached hydrogen (secondary N) is 3. The average molecular weight is 315 g/mol. The molecule has 3 N–H and O–H groups in total. The quantitative estimate of drug-likeness (QED) is 0.791. The van der Waals surface area contributed by atoms with Crippen LogP contribution in [0.1, 0.15) is 18.7 Å². The second-order valence-electron chi connectivity index (χ2n) is 4.45. The van der Waals surface area contributed by atoms with E-state index in [2.05, 4.69) is 20.2 Å². The van der Waals surface area contributed by atoms with Crippen LogP contribution >= 0.6 is 11.6 Å². The van der Waals surface area contributed by atoms with Gasteiger partial charge in [0.25, 0.3) is 0 Å². The van der Waals surface area contributed by atoms with Crippen LogP contribution in [0.2, 0.25) is 5.02 Å². The monoisotopic (exact) mass is 314 g/mol. The third-order valence-corrected chi connectivity index (χ3v) is 3.57. The molecule has 0 aliphatic heterocycles. The van der Waals surface area contributed by atoms with E-state index in [0.717, 1.165) is 11.9 Å². The van der Waals surface area contributed by atoms with Gasteiger partial charge in [-0.15, -0.1) is 0 Å². The fourth-order valence-electron chi connectivity index (χ4n) is 1.73. The number of benzene rings is 1. The Kier molecular flexibility index (Phi) is 4.20. The van der Waals surface area contributed by atoms with Crippen molar-refractivity contribution in [3.8, 4) is 0 Å². The van der Waals surface area contributed by atoms with Crippen molar-refractivity contribution in [1.82, 2.24) is 10.2 Å². The number of halogens is 1. The van der Waals surface area contributed by atoms with Gasteiger partial charge in [0.2, 0.25) is 10.0 Å². The highest BCUT2D eigenvalue weighted by atomic mass is 35.5. The summed E-state index contributed by atoms with van der Waals surface area (Å²) in [6, 6.07) is 6.70. The molecule has 1 atom stereocenters. The summed E-state index contributed by atoms with van der Waals surface area (Å²) in [7, 11) is -3.32. The molecule has 0 bridgehead atoms. The molecular formula is C12H15ClN4O2S. The van der Waals surface area contributed by atoms with E-state index in [4.69, 9.17) is 11.6 Å². The number of sulfonamides is 1. The topological polar surface area (TPSA) is 86.9 Å². The van der Waals surface area contributed by atoms with Crippen molar-refractivity contribution in [1.29, 1.82) is 0 Å². The number of hydrogen-bond donors (Lipinski definition) is 3. The van der Waals surface area contributed by atoms with E-state index in [9.17, 15) is 8.42 Å². The Morgan fingerprint density at radius 3 is 2.70 bits per heavy atom. The van der Waals surface area contributed by atoms with Crippen LogP contribution in [0.3, 0.4) is 0 Å². The van der Waals surface area contributed by atoms with Crippen molar-refractivity contribution < 1.29 is 8.42 Å². The SMILES string of the molecule is CC(Nc1cc(NS(C)(=O)=O)ccc1Cl)c1ccn[nH]1. The van der Waals surface area contributed by atoms with Crippen molar-refractivity contribution >= 4 is 33.0 Å². The van der Waals surface area contributed by atoms with Crippen LogP contribution in [0.4, 0.5) is 11.4 Å². The zero-order chi connectivity index (χ0) is 14.8. The highest BCUT2D eigenvalue weighted by molar-refractivity contribution is 7.92. The van der Waals surface area contributed by atoms with Gasteiger partial charge in [-0.25, -0.2) is 8.42 Å². The normalized spacial score (nSPS) is 12.9. The molecule has 2 rings (SSSR count). The predicted molar refractivity (Wildman–Crippen MR) is 80.5 cm³/mol. The Morgan fingerprint density at radius 2 is 2.10 bits per heavy atom. The Labute approximate surface area is 122 Å². The Morgan fingerprint density at radius 1 is 1.35 bits per heavy atom. The van der Waals surface area contributed by atoms with Gasteiger partial charge in [0, 0.05) is 6.20 Å². The van der Waals surface area contributed by atoms with Gasteiger partial charge in [-0.2, -0.15) is 5.10 Å². The fourth-order valence-corrected chi connectivity index (χ4v) is 2.46. The summed E-state index contributed by atoms with van der Waals surface area (Å²) >= 11 is 6.11. The first kappa shape index (κ1) is 14.7. The van der Waals surface area contributed by atoms with Crippen LogP contribution in [0.25, 0.3) is 0 Å². The van der Waals surface area contributed by atoms with E-state index in [0.29, 0.717) is 16.4 Å². The molecule has 1 heterocycles. The molecule has 0 spiro atoms. The zero-order valence-corrected chi connectivity index (χ0v) is 12.6. The van der Waals surface area contributed by atoms with E-state index in [1.165, 1.54) is 0 Å². The molecule has 2 aromatic rings. The summed E-state index contributed by atoms with van der Waals surface area (Å²) < 4.78 is 24.9. The minimum atomic E-state index is -3.32. The lowest BCUT2D eigenvalue weighted by molar-refractivity contribution is 0.607. The third kappa shape index (κ3) is 3.88. The lowest BCUT2D eigenvalue weighted by Gasteiger charge is -2.16. The molecule has 6 nitrogen and oxygen atoms in total. The molecule has 0 saturated heterocycles. The van der Waals surface area contributed by atoms with Crippen molar-refractivity contribution in [2.75, 3.05) is 16.3 Å². The Hall–Kier alpha value is -1.73. The van der Waals surface area contributed by atoms with Crippen LogP contribution in [0, 0.1) is 0 Å². The van der Waals surface area contributed by atoms with E-state index in [1.807, 2.05) is 13.0 Å². The number of hydrogen-bond acceptors (Lipinski definition) is 4. The maximum absolute atomic E-state index is 11.2. The smallest absolute Gasteiger partial charge is 0.229 e. The summed E-state index contributed by atoms with van der Waals surface area (Å²) in [5.41, 5.74) is 2.00. The summed E-state index contributed by atoms with van der Waals surface area (Å²) in [5.74, 6) is 0. The van der Waals surface area contributed by atoms with E-state index < -0.39 is 10.0 Å². The lowest BCUT2D eigenvalue weighted by atomic mass is 10.2. The van der Waals surface area contributed by atoms with Gasteiger partial charge in [0.1, 0.15) is 0 Å². The number of nitrogens with zero attached hydrogens (tertiary/aromatic N) is 1. The summed E-state index contributed by atoms with van der Waals surface area (Å²) in [4.78, 5) is 0.